The molecule has 5 rings (SSSR count). The Hall–Kier alpha value is -1.58. The summed E-state index contributed by atoms with van der Waals surface area (Å²) < 4.78 is 0. The molecule has 2 aliphatic rings. The van der Waals surface area contributed by atoms with E-state index in [1.165, 1.54) is 42.0 Å². The molecule has 3 aromatic rings. The Bertz CT molecular complexity index is 1100. The number of fused-ring (bicyclic) bond motifs is 2. The molecule has 0 saturated heterocycles. The van der Waals surface area contributed by atoms with Gasteiger partial charge in [0.1, 0.15) is 0 Å². The van der Waals surface area contributed by atoms with Gasteiger partial charge in [0, 0.05) is 32.2 Å². The summed E-state index contributed by atoms with van der Waals surface area (Å²) in [5, 5.41) is 24.0. The van der Waals surface area contributed by atoms with Crippen molar-refractivity contribution in [3.8, 4) is 11.3 Å². The van der Waals surface area contributed by atoms with E-state index in [-0.39, 0.29) is 49.1 Å². The number of pyridine rings is 1. The number of rotatable bonds is 1. The van der Waals surface area contributed by atoms with Crippen molar-refractivity contribution in [3.05, 3.63) is 66.4 Å². The van der Waals surface area contributed by atoms with Crippen molar-refractivity contribution in [1.82, 2.24) is 4.98 Å². The minimum absolute atomic E-state index is 0. The smallest absolute Gasteiger partial charge is 0.0646 e. The first-order valence-electron chi connectivity index (χ1n) is 13.3. The number of aryl methyl sites for hydroxylation is 1. The molecule has 0 amide bonds. The van der Waals surface area contributed by atoms with Gasteiger partial charge in [0.05, 0.1) is 12.2 Å². The summed E-state index contributed by atoms with van der Waals surface area (Å²) in [7, 11) is 0. The maximum absolute atomic E-state index is 10.8. The molecule has 2 unspecified atom stereocenters. The van der Waals surface area contributed by atoms with Gasteiger partial charge in [-0.1, -0.05) is 70.4 Å². The van der Waals surface area contributed by atoms with Crippen LogP contribution < -0.4 is 0 Å². The van der Waals surface area contributed by atoms with Crippen LogP contribution in [0.25, 0.3) is 22.0 Å². The van der Waals surface area contributed by atoms with Crippen LogP contribution in [0.2, 0.25) is 0 Å². The van der Waals surface area contributed by atoms with E-state index in [2.05, 4.69) is 69.9 Å². The first kappa shape index (κ1) is 29.0. The van der Waals surface area contributed by atoms with E-state index in [0.717, 1.165) is 24.1 Å². The zero-order valence-corrected chi connectivity index (χ0v) is 24.8. The monoisotopic (exact) mass is 665 g/mol. The van der Waals surface area contributed by atoms with E-state index in [1.807, 2.05) is 30.5 Å². The molecule has 0 aliphatic heterocycles. The molecule has 2 atom stereocenters. The Morgan fingerprint density at radius 2 is 1.50 bits per heavy atom. The van der Waals surface area contributed by atoms with Crippen LogP contribution in [0.5, 0.6) is 0 Å². The van der Waals surface area contributed by atoms with Crippen LogP contribution in [0.1, 0.15) is 71.8 Å². The third kappa shape index (κ3) is 6.45. The van der Waals surface area contributed by atoms with E-state index in [0.29, 0.717) is 5.92 Å². The van der Waals surface area contributed by atoms with Gasteiger partial charge in [0.15, 0.2) is 0 Å². The number of hydrogen-bond donors (Lipinski definition) is 2. The molecule has 0 bridgehead atoms. The average molecular weight is 665 g/mol. The molecule has 1 radical (unpaired) electrons. The summed E-state index contributed by atoms with van der Waals surface area (Å²) in [5.74, 6) is 0.582. The maximum atomic E-state index is 10.8. The Morgan fingerprint density at radius 1 is 0.861 bits per heavy atom. The quantitative estimate of drug-likeness (QED) is 0.267. The molecule has 3 nitrogen and oxygen atoms in total. The summed E-state index contributed by atoms with van der Waals surface area (Å²) >= 11 is 0. The van der Waals surface area contributed by atoms with Crippen molar-refractivity contribution in [1.29, 1.82) is 0 Å². The molecule has 197 valence electrons. The number of aliphatic hydroxyl groups is 2. The number of benzene rings is 2. The first-order chi connectivity index (χ1) is 16.6. The van der Waals surface area contributed by atoms with Gasteiger partial charge in [-0.3, -0.25) is 0 Å². The van der Waals surface area contributed by atoms with Crippen LogP contribution in [0.4, 0.5) is 0 Å². The largest absolute Gasteiger partial charge is 0.392 e. The van der Waals surface area contributed by atoms with Crippen LogP contribution in [0.3, 0.4) is 0 Å². The predicted octanol–water partition coefficient (Wildman–Crippen LogP) is 7.37. The molecule has 2 N–H and O–H groups in total. The minimum Gasteiger partial charge on any atom is -0.392 e. The van der Waals surface area contributed by atoms with Gasteiger partial charge >= 0.3 is 0 Å². The topological polar surface area (TPSA) is 53.4 Å². The summed E-state index contributed by atoms with van der Waals surface area (Å²) in [6.07, 6.45) is 8.09. The number of aromatic nitrogens is 1. The van der Waals surface area contributed by atoms with Gasteiger partial charge in [-0.15, -0.1) is 35.9 Å². The number of nitrogens with zero attached hydrogens (tertiary/aromatic N) is 1. The van der Waals surface area contributed by atoms with E-state index < -0.39 is 0 Å². The Labute approximate surface area is 231 Å². The molecule has 2 aromatic carbocycles. The zero-order chi connectivity index (χ0) is 25.2. The van der Waals surface area contributed by atoms with Crippen molar-refractivity contribution < 1.29 is 30.3 Å². The van der Waals surface area contributed by atoms with Gasteiger partial charge in [-0.25, -0.2) is 0 Å². The SMILES string of the molecule is CC1(C)CCCC2CCCC(C)(C)C(O)C2C1O.Cc1ccc2cnc(-c3[c-]cccc3)cc2c1.[Ir]. The van der Waals surface area contributed by atoms with E-state index in [4.69, 9.17) is 0 Å². The van der Waals surface area contributed by atoms with Crippen molar-refractivity contribution in [2.45, 2.75) is 85.4 Å². The Balaban J connectivity index is 0.000000195. The Kier molecular flexibility index (Phi) is 9.55. The molecular formula is C32H42IrNO2-. The van der Waals surface area contributed by atoms with Crippen LogP contribution >= 0.6 is 0 Å². The van der Waals surface area contributed by atoms with E-state index in [1.54, 1.807) is 0 Å². The van der Waals surface area contributed by atoms with Gasteiger partial charge in [-0.2, -0.15) is 0 Å². The van der Waals surface area contributed by atoms with Crippen molar-refractivity contribution >= 4 is 10.8 Å². The summed E-state index contributed by atoms with van der Waals surface area (Å²) in [5.41, 5.74) is 3.17. The molecule has 36 heavy (non-hydrogen) atoms. The molecule has 1 aromatic heterocycles. The van der Waals surface area contributed by atoms with Crippen molar-refractivity contribution in [3.63, 3.8) is 0 Å². The first-order valence-corrected chi connectivity index (χ1v) is 13.3. The van der Waals surface area contributed by atoms with Gasteiger partial charge < -0.3 is 15.2 Å². The fourth-order valence-electron chi connectivity index (χ4n) is 6.16. The van der Waals surface area contributed by atoms with Crippen LogP contribution in [-0.2, 0) is 20.1 Å². The maximum Gasteiger partial charge on any atom is 0.0646 e. The van der Waals surface area contributed by atoms with Gasteiger partial charge in [0.25, 0.3) is 0 Å². The van der Waals surface area contributed by atoms with E-state index >= 15 is 0 Å². The van der Waals surface area contributed by atoms with Crippen molar-refractivity contribution in [2.24, 2.45) is 22.7 Å². The van der Waals surface area contributed by atoms with Crippen LogP contribution in [0, 0.1) is 35.7 Å². The fourth-order valence-corrected chi connectivity index (χ4v) is 6.16. The minimum atomic E-state index is -0.364. The van der Waals surface area contributed by atoms with E-state index in [9.17, 15) is 10.2 Å². The summed E-state index contributed by atoms with van der Waals surface area (Å²) in [6.45, 7) is 10.7. The molecule has 2 saturated carbocycles. The van der Waals surface area contributed by atoms with Crippen LogP contribution in [0.15, 0.2) is 54.7 Å². The zero-order valence-electron chi connectivity index (χ0n) is 22.4. The van der Waals surface area contributed by atoms with Gasteiger partial charge in [0.2, 0.25) is 0 Å². The second kappa shape index (κ2) is 11.9. The standard InChI is InChI=1S/C16H12N.C16H30O2.Ir/c1-12-7-8-14-11-17-16(10-15(14)9-12)13-5-3-2-4-6-13;1-15(2)9-5-7-11-8-6-10-16(3,4)14(18)12(11)13(15)17;/h2-5,7-11H,1H3;11-14,17-18H,5-10H2,1-4H3;/q-1;;. The molecule has 1 heterocycles. The number of aliphatic hydroxyl groups excluding tert-OH is 2. The van der Waals surface area contributed by atoms with Crippen molar-refractivity contribution in [2.75, 3.05) is 0 Å². The predicted molar refractivity (Wildman–Crippen MR) is 145 cm³/mol. The average Bonchev–Trinajstić information content (AvgIpc) is 3.01. The second-order valence-corrected chi connectivity index (χ2v) is 12.2. The normalized spacial score (nSPS) is 26.9. The molecule has 2 fully saturated rings. The van der Waals surface area contributed by atoms with Crippen LogP contribution in [-0.4, -0.2) is 27.4 Å². The Morgan fingerprint density at radius 3 is 2.08 bits per heavy atom. The second-order valence-electron chi connectivity index (χ2n) is 12.2. The fraction of sp³-hybridized carbons (Fsp3) is 0.531. The summed E-state index contributed by atoms with van der Waals surface area (Å²) in [4.78, 5) is 4.48. The van der Waals surface area contributed by atoms with Gasteiger partial charge in [-0.05, 0) is 65.8 Å². The third-order valence-electron chi connectivity index (χ3n) is 8.53. The number of hydrogen-bond acceptors (Lipinski definition) is 3. The molecule has 2 aliphatic carbocycles. The third-order valence-corrected chi connectivity index (χ3v) is 8.53. The summed E-state index contributed by atoms with van der Waals surface area (Å²) in [6, 6.07) is 19.6. The molecule has 4 heteroatoms. The molecular weight excluding hydrogens is 623 g/mol. The molecule has 0 spiro atoms.